The molecule has 108 valence electrons. The van der Waals surface area contributed by atoms with Crippen molar-refractivity contribution in [3.63, 3.8) is 0 Å². The fourth-order valence-corrected chi connectivity index (χ4v) is 1.86. The van der Waals surface area contributed by atoms with Gasteiger partial charge in [0.15, 0.2) is 0 Å². The summed E-state index contributed by atoms with van der Waals surface area (Å²) in [6.45, 7) is 9.37. The van der Waals surface area contributed by atoms with E-state index in [9.17, 15) is 5.11 Å². The number of aliphatic hydroxyl groups excluding tert-OH is 1. The third-order valence-electron chi connectivity index (χ3n) is 3.26. The molecule has 1 aromatic rings. The smallest absolute Gasteiger partial charge is 0.122 e. The Bertz CT molecular complexity index is 366. The normalized spacial score (nSPS) is 14.4. The molecular formula is C16H27NO2. The SMILES string of the molecule is CC[C@@H](C)c1ccccc1OC[C@H](O)CNC(C)C. The molecule has 0 amide bonds. The Morgan fingerprint density at radius 3 is 2.53 bits per heavy atom. The summed E-state index contributed by atoms with van der Waals surface area (Å²) in [7, 11) is 0. The molecule has 3 nitrogen and oxygen atoms in total. The van der Waals surface area contributed by atoms with Crippen LogP contribution in [0.25, 0.3) is 0 Å². The van der Waals surface area contributed by atoms with E-state index in [4.69, 9.17) is 4.74 Å². The Labute approximate surface area is 117 Å². The maximum absolute atomic E-state index is 9.86. The minimum absolute atomic E-state index is 0.327. The van der Waals surface area contributed by atoms with Crippen LogP contribution < -0.4 is 10.1 Å². The molecule has 0 aliphatic heterocycles. The Hall–Kier alpha value is -1.06. The molecule has 3 heteroatoms. The molecule has 0 aliphatic carbocycles. The first-order chi connectivity index (χ1) is 9.04. The highest BCUT2D eigenvalue weighted by molar-refractivity contribution is 5.35. The van der Waals surface area contributed by atoms with Crippen LogP contribution >= 0.6 is 0 Å². The summed E-state index contributed by atoms with van der Waals surface area (Å²) in [6, 6.07) is 8.46. The molecule has 19 heavy (non-hydrogen) atoms. The maximum Gasteiger partial charge on any atom is 0.122 e. The summed E-state index contributed by atoms with van der Waals surface area (Å²) in [5.41, 5.74) is 1.22. The lowest BCUT2D eigenvalue weighted by Crippen LogP contribution is -2.35. The number of nitrogens with one attached hydrogen (secondary N) is 1. The summed E-state index contributed by atoms with van der Waals surface area (Å²) in [5, 5.41) is 13.1. The monoisotopic (exact) mass is 265 g/mol. The van der Waals surface area contributed by atoms with Gasteiger partial charge in [-0.05, 0) is 24.0 Å². The summed E-state index contributed by atoms with van der Waals surface area (Å²) >= 11 is 0. The van der Waals surface area contributed by atoms with E-state index in [-0.39, 0.29) is 0 Å². The van der Waals surface area contributed by atoms with Crippen molar-refractivity contribution in [3.05, 3.63) is 29.8 Å². The second kappa shape index (κ2) is 8.18. The minimum Gasteiger partial charge on any atom is -0.491 e. The molecule has 0 radical (unpaired) electrons. The van der Waals surface area contributed by atoms with Gasteiger partial charge in [-0.2, -0.15) is 0 Å². The number of rotatable bonds is 8. The first kappa shape index (κ1) is 16.0. The predicted molar refractivity (Wildman–Crippen MR) is 79.8 cm³/mol. The molecule has 0 heterocycles. The van der Waals surface area contributed by atoms with E-state index in [0.717, 1.165) is 12.2 Å². The lowest BCUT2D eigenvalue weighted by molar-refractivity contribution is 0.104. The van der Waals surface area contributed by atoms with Crippen molar-refractivity contribution in [2.75, 3.05) is 13.2 Å². The Kier molecular flexibility index (Phi) is 6.89. The van der Waals surface area contributed by atoms with Gasteiger partial charge in [-0.3, -0.25) is 0 Å². The van der Waals surface area contributed by atoms with Crippen molar-refractivity contribution in [2.45, 2.75) is 52.2 Å². The van der Waals surface area contributed by atoms with E-state index in [1.165, 1.54) is 5.56 Å². The number of benzene rings is 1. The van der Waals surface area contributed by atoms with Crippen LogP contribution in [0.3, 0.4) is 0 Å². The van der Waals surface area contributed by atoms with Gasteiger partial charge in [-0.1, -0.05) is 45.9 Å². The molecule has 0 saturated carbocycles. The highest BCUT2D eigenvalue weighted by Gasteiger charge is 2.11. The first-order valence-corrected chi connectivity index (χ1v) is 7.17. The molecule has 0 spiro atoms. The van der Waals surface area contributed by atoms with Crippen LogP contribution in [0.4, 0.5) is 0 Å². The van der Waals surface area contributed by atoms with Crippen molar-refractivity contribution in [2.24, 2.45) is 0 Å². The van der Waals surface area contributed by atoms with Crippen molar-refractivity contribution >= 4 is 0 Å². The molecule has 0 saturated heterocycles. The van der Waals surface area contributed by atoms with Crippen molar-refractivity contribution in [1.29, 1.82) is 0 Å². The van der Waals surface area contributed by atoms with Gasteiger partial charge in [-0.15, -0.1) is 0 Å². The van der Waals surface area contributed by atoms with E-state index in [1.807, 2.05) is 18.2 Å². The molecule has 1 aromatic carbocycles. The predicted octanol–water partition coefficient (Wildman–Crippen LogP) is 2.94. The highest BCUT2D eigenvalue weighted by Crippen LogP contribution is 2.28. The number of para-hydroxylation sites is 1. The summed E-state index contributed by atoms with van der Waals surface area (Å²) in [4.78, 5) is 0. The number of hydrogen-bond donors (Lipinski definition) is 2. The molecule has 0 bridgehead atoms. The van der Waals surface area contributed by atoms with Crippen LogP contribution in [0.1, 0.15) is 45.6 Å². The van der Waals surface area contributed by atoms with E-state index in [1.54, 1.807) is 0 Å². The third kappa shape index (κ3) is 5.62. The molecule has 2 atom stereocenters. The molecule has 0 fully saturated rings. The summed E-state index contributed by atoms with van der Waals surface area (Å²) in [5.74, 6) is 1.36. The van der Waals surface area contributed by atoms with E-state index in [2.05, 4.69) is 39.1 Å². The lowest BCUT2D eigenvalue weighted by Gasteiger charge is -2.18. The molecule has 1 rings (SSSR count). The second-order valence-electron chi connectivity index (χ2n) is 5.37. The van der Waals surface area contributed by atoms with Gasteiger partial charge in [0, 0.05) is 12.6 Å². The van der Waals surface area contributed by atoms with Crippen LogP contribution in [0.15, 0.2) is 24.3 Å². The van der Waals surface area contributed by atoms with Gasteiger partial charge in [0.2, 0.25) is 0 Å². The quantitative estimate of drug-likeness (QED) is 0.759. The average molecular weight is 265 g/mol. The lowest BCUT2D eigenvalue weighted by atomic mass is 9.98. The van der Waals surface area contributed by atoms with Crippen molar-refractivity contribution in [1.82, 2.24) is 5.32 Å². The molecular weight excluding hydrogens is 238 g/mol. The van der Waals surface area contributed by atoms with E-state index >= 15 is 0 Å². The number of aliphatic hydroxyl groups is 1. The van der Waals surface area contributed by atoms with Crippen molar-refractivity contribution in [3.8, 4) is 5.75 Å². The Balaban J connectivity index is 2.53. The second-order valence-corrected chi connectivity index (χ2v) is 5.37. The summed E-state index contributed by atoms with van der Waals surface area (Å²) in [6.07, 6.45) is 0.602. The topological polar surface area (TPSA) is 41.5 Å². The largest absolute Gasteiger partial charge is 0.491 e. The van der Waals surface area contributed by atoms with Gasteiger partial charge < -0.3 is 15.2 Å². The van der Waals surface area contributed by atoms with Crippen LogP contribution in [0.5, 0.6) is 5.75 Å². The van der Waals surface area contributed by atoms with Gasteiger partial charge in [0.1, 0.15) is 18.5 Å². The fraction of sp³-hybridized carbons (Fsp3) is 0.625. The zero-order valence-corrected chi connectivity index (χ0v) is 12.5. The van der Waals surface area contributed by atoms with Crippen molar-refractivity contribution < 1.29 is 9.84 Å². The molecule has 0 aromatic heterocycles. The molecule has 0 aliphatic rings. The van der Waals surface area contributed by atoms with Crippen LogP contribution in [-0.2, 0) is 0 Å². The minimum atomic E-state index is -0.479. The number of hydrogen-bond acceptors (Lipinski definition) is 3. The van der Waals surface area contributed by atoms with E-state index in [0.29, 0.717) is 25.1 Å². The van der Waals surface area contributed by atoms with Crippen LogP contribution in [0, 0.1) is 0 Å². The molecule has 0 unspecified atom stereocenters. The van der Waals surface area contributed by atoms with Gasteiger partial charge in [0.25, 0.3) is 0 Å². The van der Waals surface area contributed by atoms with Crippen LogP contribution in [-0.4, -0.2) is 30.4 Å². The average Bonchev–Trinajstić information content (AvgIpc) is 2.42. The maximum atomic E-state index is 9.86. The van der Waals surface area contributed by atoms with Crippen LogP contribution in [0.2, 0.25) is 0 Å². The van der Waals surface area contributed by atoms with Gasteiger partial charge in [-0.25, -0.2) is 0 Å². The first-order valence-electron chi connectivity index (χ1n) is 7.17. The summed E-state index contributed by atoms with van der Waals surface area (Å²) < 4.78 is 5.76. The number of ether oxygens (including phenoxy) is 1. The molecule has 2 N–H and O–H groups in total. The van der Waals surface area contributed by atoms with Gasteiger partial charge >= 0.3 is 0 Å². The highest BCUT2D eigenvalue weighted by atomic mass is 16.5. The van der Waals surface area contributed by atoms with E-state index < -0.39 is 6.10 Å². The third-order valence-corrected chi connectivity index (χ3v) is 3.26. The van der Waals surface area contributed by atoms with Gasteiger partial charge in [0.05, 0.1) is 0 Å². The zero-order chi connectivity index (χ0) is 14.3. The Morgan fingerprint density at radius 1 is 1.21 bits per heavy atom. The Morgan fingerprint density at radius 2 is 1.89 bits per heavy atom. The standard InChI is InChI=1S/C16H27NO2/c1-5-13(4)15-8-6-7-9-16(15)19-11-14(18)10-17-12(2)3/h6-9,12-14,17-18H,5,10-11H2,1-4H3/t13-,14-/m1/s1. The fourth-order valence-electron chi connectivity index (χ4n) is 1.86. The zero-order valence-electron chi connectivity index (χ0n) is 12.5.